The van der Waals surface area contributed by atoms with Gasteiger partial charge in [-0.2, -0.15) is 0 Å². The molecule has 0 rings (SSSR count). The quantitative estimate of drug-likeness (QED) is 0.0222. The second kappa shape index (κ2) is 79.7. The SMILES string of the molecule is CCCCCCCCCCCCCCCCCCCCCCCCC(=O)O[C@H](COC(=O)CCCCCCCCCCCCCCCCCCCCCC)COP(=O)(O)OC[C@@H](O)COP(=O)(O)OC[C@@H](COC(=O)CCCCCCCCC)OC(=O)CCCCCCCCCCCCCCCCC(C)C. The third kappa shape index (κ3) is 80.1. The van der Waals surface area contributed by atoms with E-state index in [0.717, 1.165) is 109 Å². The first-order chi connectivity index (χ1) is 51.5. The van der Waals surface area contributed by atoms with Crippen molar-refractivity contribution in [1.82, 2.24) is 0 Å². The van der Waals surface area contributed by atoms with Crippen molar-refractivity contribution < 1.29 is 80.2 Å². The van der Waals surface area contributed by atoms with Crippen LogP contribution in [0.1, 0.15) is 471 Å². The molecule has 2 unspecified atom stereocenters. The Bertz CT molecular complexity index is 2010. The second-order valence-electron chi connectivity index (χ2n) is 31.8. The summed E-state index contributed by atoms with van der Waals surface area (Å²) in [4.78, 5) is 73.1. The van der Waals surface area contributed by atoms with Gasteiger partial charge in [-0.3, -0.25) is 37.3 Å². The van der Waals surface area contributed by atoms with Gasteiger partial charge in [0, 0.05) is 25.7 Å². The first kappa shape index (κ1) is 104. The van der Waals surface area contributed by atoms with Gasteiger partial charge < -0.3 is 33.8 Å². The number of phosphoric acid groups is 2. The summed E-state index contributed by atoms with van der Waals surface area (Å²) >= 11 is 0. The van der Waals surface area contributed by atoms with Crippen molar-refractivity contribution in [3.05, 3.63) is 0 Å². The van der Waals surface area contributed by atoms with Gasteiger partial charge in [0.25, 0.3) is 0 Å². The molecule has 0 aliphatic carbocycles. The maximum Gasteiger partial charge on any atom is 0.472 e. The Hall–Kier alpha value is -1.94. The van der Waals surface area contributed by atoms with Crippen LogP contribution < -0.4 is 0 Å². The highest BCUT2D eigenvalue weighted by Gasteiger charge is 2.30. The van der Waals surface area contributed by atoms with E-state index in [9.17, 15) is 43.2 Å². The van der Waals surface area contributed by atoms with Crippen LogP contribution in [0.3, 0.4) is 0 Å². The number of ether oxygens (including phenoxy) is 4. The number of aliphatic hydroxyl groups is 1. The predicted octanol–water partition coefficient (Wildman–Crippen LogP) is 26.8. The summed E-state index contributed by atoms with van der Waals surface area (Å²) in [5, 5.41) is 10.7. The van der Waals surface area contributed by atoms with Gasteiger partial charge in [0.1, 0.15) is 19.3 Å². The highest BCUT2D eigenvalue weighted by Crippen LogP contribution is 2.45. The van der Waals surface area contributed by atoms with Crippen molar-refractivity contribution in [3.8, 4) is 0 Å². The third-order valence-electron chi connectivity index (χ3n) is 20.5. The molecule has 0 amide bonds. The smallest absolute Gasteiger partial charge is 0.462 e. The van der Waals surface area contributed by atoms with Gasteiger partial charge in [-0.05, 0) is 31.6 Å². The Morgan fingerprint density at radius 2 is 0.434 bits per heavy atom. The second-order valence-corrected chi connectivity index (χ2v) is 34.7. The van der Waals surface area contributed by atoms with E-state index in [1.54, 1.807) is 0 Å². The molecule has 0 aliphatic heterocycles. The number of carbonyl (C=O) groups excluding carboxylic acids is 4. The summed E-state index contributed by atoms with van der Waals surface area (Å²) in [7, 11) is -9.92. The van der Waals surface area contributed by atoms with Gasteiger partial charge in [-0.15, -0.1) is 0 Å². The van der Waals surface area contributed by atoms with Crippen LogP contribution in [0.25, 0.3) is 0 Å². The molecule has 0 aromatic heterocycles. The Morgan fingerprint density at radius 3 is 0.642 bits per heavy atom. The zero-order valence-corrected chi connectivity index (χ0v) is 71.4. The Morgan fingerprint density at radius 1 is 0.255 bits per heavy atom. The highest BCUT2D eigenvalue weighted by molar-refractivity contribution is 7.47. The monoisotopic (exact) mass is 1550 g/mol. The van der Waals surface area contributed by atoms with E-state index in [2.05, 4.69) is 34.6 Å². The first-order valence-electron chi connectivity index (χ1n) is 45.1. The van der Waals surface area contributed by atoms with Gasteiger partial charge in [-0.25, -0.2) is 9.13 Å². The average molecular weight is 1550 g/mol. The molecule has 0 heterocycles. The lowest BCUT2D eigenvalue weighted by molar-refractivity contribution is -0.161. The Kier molecular flexibility index (Phi) is 78.2. The van der Waals surface area contributed by atoms with Crippen molar-refractivity contribution >= 4 is 39.5 Å². The molecule has 19 heteroatoms. The Balaban J connectivity index is 5.15. The maximum atomic E-state index is 13.1. The van der Waals surface area contributed by atoms with Crippen molar-refractivity contribution in [2.75, 3.05) is 39.6 Å². The van der Waals surface area contributed by atoms with E-state index in [1.165, 1.54) is 283 Å². The number of aliphatic hydroxyl groups excluding tert-OH is 1. The number of phosphoric ester groups is 2. The Labute approximate surface area is 651 Å². The lowest BCUT2D eigenvalue weighted by atomic mass is 10.0. The molecule has 0 saturated carbocycles. The normalized spacial score (nSPS) is 13.7. The molecule has 0 saturated heterocycles. The van der Waals surface area contributed by atoms with Crippen molar-refractivity contribution in [3.63, 3.8) is 0 Å². The molecule has 0 radical (unpaired) electrons. The van der Waals surface area contributed by atoms with Crippen LogP contribution in [0, 0.1) is 5.92 Å². The van der Waals surface area contributed by atoms with Crippen LogP contribution in [-0.2, 0) is 65.4 Å². The van der Waals surface area contributed by atoms with Crippen LogP contribution in [0.2, 0.25) is 0 Å². The van der Waals surface area contributed by atoms with Gasteiger partial charge in [-0.1, -0.05) is 420 Å². The van der Waals surface area contributed by atoms with Crippen LogP contribution in [-0.4, -0.2) is 96.7 Å². The fourth-order valence-corrected chi connectivity index (χ4v) is 15.2. The van der Waals surface area contributed by atoms with Crippen LogP contribution in [0.5, 0.6) is 0 Å². The number of carbonyl (C=O) groups is 4. The third-order valence-corrected chi connectivity index (χ3v) is 22.4. The van der Waals surface area contributed by atoms with Crippen LogP contribution in [0.15, 0.2) is 0 Å². The fourth-order valence-electron chi connectivity index (χ4n) is 13.6. The summed E-state index contributed by atoms with van der Waals surface area (Å²) in [6.45, 7) is 7.34. The molecule has 0 bridgehead atoms. The van der Waals surface area contributed by atoms with Gasteiger partial charge in [0.05, 0.1) is 26.4 Å². The number of unbranched alkanes of at least 4 members (excludes halogenated alkanes) is 59. The van der Waals surface area contributed by atoms with Crippen LogP contribution in [0.4, 0.5) is 0 Å². The van der Waals surface area contributed by atoms with Crippen molar-refractivity contribution in [2.24, 2.45) is 5.92 Å². The van der Waals surface area contributed by atoms with E-state index in [1.807, 2.05) is 0 Å². The lowest BCUT2D eigenvalue weighted by Crippen LogP contribution is -2.30. The molecule has 0 fully saturated rings. The van der Waals surface area contributed by atoms with E-state index in [4.69, 9.17) is 37.0 Å². The zero-order valence-electron chi connectivity index (χ0n) is 69.6. The summed E-state index contributed by atoms with van der Waals surface area (Å²) < 4.78 is 68.8. The van der Waals surface area contributed by atoms with Crippen LogP contribution >= 0.6 is 15.6 Å². The van der Waals surface area contributed by atoms with E-state index >= 15 is 0 Å². The van der Waals surface area contributed by atoms with E-state index in [-0.39, 0.29) is 25.7 Å². The summed E-state index contributed by atoms with van der Waals surface area (Å²) in [5.41, 5.74) is 0. The molecule has 3 N–H and O–H groups in total. The van der Waals surface area contributed by atoms with Crippen molar-refractivity contribution in [1.29, 1.82) is 0 Å². The minimum Gasteiger partial charge on any atom is -0.462 e. The minimum absolute atomic E-state index is 0.108. The van der Waals surface area contributed by atoms with Crippen molar-refractivity contribution in [2.45, 2.75) is 490 Å². The highest BCUT2D eigenvalue weighted by atomic mass is 31.2. The molecule has 5 atom stereocenters. The molecule has 0 aromatic rings. The summed E-state index contributed by atoms with van der Waals surface area (Å²) in [6.07, 6.45) is 74.0. The maximum absolute atomic E-state index is 13.1. The minimum atomic E-state index is -4.96. The molecular formula is C87H170O17P2. The molecule has 0 aliphatic rings. The molecule has 17 nitrogen and oxygen atoms in total. The molecule has 106 heavy (non-hydrogen) atoms. The first-order valence-corrected chi connectivity index (χ1v) is 48.1. The molecule has 630 valence electrons. The number of rotatable bonds is 87. The largest absolute Gasteiger partial charge is 0.472 e. The number of esters is 4. The van der Waals surface area contributed by atoms with E-state index in [0.29, 0.717) is 25.7 Å². The molecule has 0 aromatic carbocycles. The molecule has 0 spiro atoms. The molecular weight excluding hydrogens is 1380 g/mol. The fraction of sp³-hybridized carbons (Fsp3) is 0.954. The number of hydrogen-bond acceptors (Lipinski definition) is 15. The standard InChI is InChI=1S/C87H170O17P2/c1-6-9-12-15-18-20-22-24-26-28-30-32-33-35-37-39-44-48-52-57-62-67-73-87(92)104-83(77-98-85(90)71-66-61-56-51-47-43-38-36-34-31-29-27-25-23-21-19-16-13-10-7-2)79-102-106(95,96)100-75-81(88)74-99-105(93,94)101-78-82(76-97-84(89)70-65-60-54-17-14-11-8-3)103-86(91)72-68-63-58-53-49-45-41-40-42-46-50-55-59-64-69-80(4)5/h80-83,88H,6-79H2,1-5H3,(H,93,94)(H,95,96)/t81-,82+,83+/m0/s1. The average Bonchev–Trinajstić information content (AvgIpc) is 0.903. The topological polar surface area (TPSA) is 237 Å². The lowest BCUT2D eigenvalue weighted by Gasteiger charge is -2.21. The summed E-state index contributed by atoms with van der Waals surface area (Å²) in [6, 6.07) is 0. The van der Waals surface area contributed by atoms with Gasteiger partial charge >= 0.3 is 39.5 Å². The zero-order chi connectivity index (χ0) is 77.6. The van der Waals surface area contributed by atoms with Gasteiger partial charge in [0.15, 0.2) is 12.2 Å². The van der Waals surface area contributed by atoms with E-state index < -0.39 is 97.5 Å². The summed E-state index contributed by atoms with van der Waals surface area (Å²) in [5.74, 6) is -1.31. The predicted molar refractivity (Wildman–Crippen MR) is 437 cm³/mol. The number of hydrogen-bond donors (Lipinski definition) is 3. The van der Waals surface area contributed by atoms with Gasteiger partial charge in [0.2, 0.25) is 0 Å².